The van der Waals surface area contributed by atoms with Gasteiger partial charge in [0.15, 0.2) is 5.82 Å². The molecule has 8 heterocycles. The number of nitrogens with zero attached hydrogens (tertiary/aromatic N) is 9. The molecule has 0 radical (unpaired) electrons. The zero-order chi connectivity index (χ0) is 43.0. The number of imide groups is 1. The highest BCUT2D eigenvalue weighted by molar-refractivity contribution is 6.00. The maximum Gasteiger partial charge on any atom is 0.329 e. The summed E-state index contributed by atoms with van der Waals surface area (Å²) >= 11 is 0. The van der Waals surface area contributed by atoms with Crippen molar-refractivity contribution < 1.29 is 27.9 Å². The monoisotopic (exact) mass is 846 g/mol. The molecule has 0 saturated carbocycles. The molecule has 4 aromatic heterocycles. The Morgan fingerprint density at radius 2 is 1.82 bits per heavy atom. The molecule has 0 bridgehead atoms. The van der Waals surface area contributed by atoms with Crippen LogP contribution in [-0.2, 0) is 47.4 Å². The second-order valence-corrected chi connectivity index (χ2v) is 16.9. The molecule has 1 atom stereocenters. The Morgan fingerprint density at radius 1 is 1.00 bits per heavy atom. The number of rotatable bonds is 8. The van der Waals surface area contributed by atoms with E-state index in [1.54, 1.807) is 53.7 Å². The Balaban J connectivity index is 0.950. The van der Waals surface area contributed by atoms with Crippen LogP contribution in [0.1, 0.15) is 85.5 Å². The van der Waals surface area contributed by atoms with Gasteiger partial charge in [-0.05, 0) is 73.1 Å². The number of ether oxygens (including phenoxy) is 1. The van der Waals surface area contributed by atoms with Crippen molar-refractivity contribution in [2.24, 2.45) is 7.05 Å². The first kappa shape index (κ1) is 39.8. The van der Waals surface area contributed by atoms with Crippen LogP contribution in [0.2, 0.25) is 0 Å². The van der Waals surface area contributed by atoms with E-state index in [1.807, 2.05) is 29.2 Å². The number of likely N-dealkylation sites (tertiary alicyclic amines) is 1. The minimum absolute atomic E-state index is 0.0188. The molecule has 2 fully saturated rings. The lowest BCUT2D eigenvalue weighted by atomic mass is 9.91. The number of aryl methyl sites for hydroxylation is 2. The van der Waals surface area contributed by atoms with Crippen molar-refractivity contribution in [2.75, 3.05) is 38.2 Å². The minimum Gasteiger partial charge on any atom is -0.495 e. The van der Waals surface area contributed by atoms with Gasteiger partial charge in [-0.1, -0.05) is 12.1 Å². The van der Waals surface area contributed by atoms with Gasteiger partial charge in [-0.25, -0.2) is 18.6 Å². The van der Waals surface area contributed by atoms with E-state index in [0.29, 0.717) is 78.6 Å². The topological polar surface area (TPSA) is 144 Å². The molecule has 15 nitrogen and oxygen atoms in total. The molecule has 17 heteroatoms. The third-order valence-corrected chi connectivity index (χ3v) is 13.4. The largest absolute Gasteiger partial charge is 0.495 e. The summed E-state index contributed by atoms with van der Waals surface area (Å²) in [5.74, 6) is 0.380. The van der Waals surface area contributed by atoms with Gasteiger partial charge in [0.1, 0.15) is 17.4 Å². The van der Waals surface area contributed by atoms with E-state index in [2.05, 4.69) is 24.8 Å². The number of benzene rings is 2. The summed E-state index contributed by atoms with van der Waals surface area (Å²) in [5, 5.41) is 7.73. The number of imidazole rings is 2. The number of piperidine rings is 2. The summed E-state index contributed by atoms with van der Waals surface area (Å²) < 4.78 is 43.1. The highest BCUT2D eigenvalue weighted by atomic mass is 19.3. The molecule has 1 N–H and O–H groups in total. The number of carbonyl (C=O) groups is 3. The molecule has 3 amide bonds. The van der Waals surface area contributed by atoms with Crippen LogP contribution in [0.4, 0.5) is 20.3 Å². The number of anilines is 2. The van der Waals surface area contributed by atoms with E-state index in [0.717, 1.165) is 60.3 Å². The molecule has 0 spiro atoms. The smallest absolute Gasteiger partial charge is 0.329 e. The first-order valence-electron chi connectivity index (χ1n) is 21.3. The zero-order valence-electron chi connectivity index (χ0n) is 34.9. The fourth-order valence-corrected chi connectivity index (χ4v) is 10.3. The highest BCUT2D eigenvalue weighted by Gasteiger charge is 2.36. The van der Waals surface area contributed by atoms with Crippen LogP contribution in [0.25, 0.3) is 27.8 Å². The fraction of sp³-hybridized carbons (Fsp3) is 0.422. The van der Waals surface area contributed by atoms with E-state index < -0.39 is 18.4 Å². The minimum atomic E-state index is -2.76. The van der Waals surface area contributed by atoms with Gasteiger partial charge in [0.05, 0.1) is 36.9 Å². The number of halogens is 2. The quantitative estimate of drug-likeness (QED) is 0.194. The number of nitrogens with one attached hydrogen (secondary N) is 1. The number of hydrogen-bond acceptors (Lipinski definition) is 9. The van der Waals surface area contributed by atoms with Crippen molar-refractivity contribution in [3.05, 3.63) is 93.4 Å². The predicted molar refractivity (Wildman–Crippen MR) is 227 cm³/mol. The summed E-state index contributed by atoms with van der Waals surface area (Å²) in [7, 11) is 3.26. The van der Waals surface area contributed by atoms with Crippen LogP contribution >= 0.6 is 0 Å². The van der Waals surface area contributed by atoms with Crippen LogP contribution in [-0.4, -0.2) is 89.1 Å². The maximum absolute atomic E-state index is 15.2. The number of aromatic nitrogens is 6. The van der Waals surface area contributed by atoms with Crippen molar-refractivity contribution in [2.45, 2.75) is 83.5 Å². The molecule has 2 aromatic carbocycles. The second kappa shape index (κ2) is 15.5. The summed E-state index contributed by atoms with van der Waals surface area (Å²) in [6.07, 6.45) is 6.67. The van der Waals surface area contributed by atoms with E-state index in [4.69, 9.17) is 9.84 Å². The van der Waals surface area contributed by atoms with Gasteiger partial charge in [-0.15, -0.1) is 0 Å². The molecule has 2 saturated heterocycles. The van der Waals surface area contributed by atoms with Crippen LogP contribution in [0.3, 0.4) is 0 Å². The Morgan fingerprint density at radius 3 is 2.58 bits per heavy atom. The highest BCUT2D eigenvalue weighted by Crippen LogP contribution is 2.45. The number of pyridine rings is 1. The SMILES string of the molecule is COc1cn2ccnc2cc1-c1cc2c(cc1C(F)F)N(c1nn(C3CCN(Cc4cccc5c4n(C)c(=O)n5C4CCC(=O)NC4=O)CC3)c3c1CN(C(C)=O)CC3)CCC2. The van der Waals surface area contributed by atoms with Crippen molar-refractivity contribution in [3.8, 4) is 16.9 Å². The number of fused-ring (bicyclic) bond motifs is 4. The number of hydrogen-bond donors (Lipinski definition) is 1. The Bertz CT molecular complexity index is 2850. The molecule has 62 heavy (non-hydrogen) atoms. The molecular formula is C45H48F2N10O5. The third-order valence-electron chi connectivity index (χ3n) is 13.4. The van der Waals surface area contributed by atoms with E-state index in [-0.39, 0.29) is 42.0 Å². The molecule has 4 aliphatic rings. The predicted octanol–water partition coefficient (Wildman–Crippen LogP) is 5.60. The van der Waals surface area contributed by atoms with Crippen LogP contribution < -0.4 is 20.6 Å². The Kier molecular flexibility index (Phi) is 9.95. The summed E-state index contributed by atoms with van der Waals surface area (Å²) in [4.78, 5) is 61.7. The number of alkyl halides is 2. The average Bonchev–Trinajstić information content (AvgIpc) is 3.96. The molecule has 4 aliphatic heterocycles. The number of carbonyl (C=O) groups excluding carboxylic acids is 3. The lowest BCUT2D eigenvalue weighted by Gasteiger charge is -2.34. The number of amides is 3. The summed E-state index contributed by atoms with van der Waals surface area (Å²) in [6.45, 7) is 5.29. The van der Waals surface area contributed by atoms with Crippen molar-refractivity contribution >= 4 is 45.9 Å². The number of para-hydroxylation sites is 1. The lowest BCUT2D eigenvalue weighted by Crippen LogP contribution is -2.44. The summed E-state index contributed by atoms with van der Waals surface area (Å²) in [5.41, 5.74) is 7.31. The summed E-state index contributed by atoms with van der Waals surface area (Å²) in [6, 6.07) is 10.4. The van der Waals surface area contributed by atoms with Gasteiger partial charge in [-0.2, -0.15) is 5.10 Å². The second-order valence-electron chi connectivity index (χ2n) is 16.9. The lowest BCUT2D eigenvalue weighted by molar-refractivity contribution is -0.135. The third kappa shape index (κ3) is 6.64. The van der Waals surface area contributed by atoms with Crippen molar-refractivity contribution in [3.63, 3.8) is 0 Å². The van der Waals surface area contributed by atoms with Gasteiger partial charge in [0.25, 0.3) is 6.43 Å². The standard InChI is InChI=1S/C45H48F2N10O5/c1-26(58)53-18-13-34-33(24-53)43(55-15-5-7-27-20-30(32(42(46)47)21-37(27)55)31-22-39-48-14-19-54(39)25-38(31)62-3)50-57(34)29-11-16-52(17-12-29)23-28-6-4-8-35-41(28)51(2)45(61)56(35)36-9-10-40(59)49-44(36)60/h4,6,8,14,19-22,25,29,36,42H,5,7,9-13,15-18,23-24H2,1-3H3,(H,49,59,60). The first-order valence-corrected chi connectivity index (χ1v) is 21.3. The van der Waals surface area contributed by atoms with Gasteiger partial charge in [-0.3, -0.25) is 38.4 Å². The number of methoxy groups -OCH3 is 1. The van der Waals surface area contributed by atoms with E-state index in [9.17, 15) is 19.2 Å². The van der Waals surface area contributed by atoms with Gasteiger partial charge < -0.3 is 18.9 Å². The molecule has 6 aromatic rings. The molecule has 10 rings (SSSR count). The van der Waals surface area contributed by atoms with Gasteiger partial charge in [0, 0.05) is 100 Å². The average molecular weight is 847 g/mol. The fourth-order valence-electron chi connectivity index (χ4n) is 10.3. The molecular weight excluding hydrogens is 799 g/mol. The Labute approximate surface area is 355 Å². The van der Waals surface area contributed by atoms with Crippen molar-refractivity contribution in [1.29, 1.82) is 0 Å². The Hall–Kier alpha value is -6.36. The van der Waals surface area contributed by atoms with E-state index in [1.165, 1.54) is 11.7 Å². The van der Waals surface area contributed by atoms with Crippen molar-refractivity contribution in [1.82, 2.24) is 43.4 Å². The maximum atomic E-state index is 15.2. The van der Waals surface area contributed by atoms with Crippen LogP contribution in [0, 0.1) is 0 Å². The molecule has 322 valence electrons. The van der Waals surface area contributed by atoms with Gasteiger partial charge in [0.2, 0.25) is 17.7 Å². The van der Waals surface area contributed by atoms with Gasteiger partial charge >= 0.3 is 5.69 Å². The zero-order valence-corrected chi connectivity index (χ0v) is 34.9. The van der Waals surface area contributed by atoms with Crippen LogP contribution in [0.5, 0.6) is 5.75 Å². The van der Waals surface area contributed by atoms with E-state index >= 15 is 8.78 Å². The normalized spacial score (nSPS) is 18.8. The first-order chi connectivity index (χ1) is 30.0. The van der Waals surface area contributed by atoms with Crippen LogP contribution in [0.15, 0.2) is 59.8 Å². The molecule has 1 unspecified atom stereocenters. The molecule has 0 aliphatic carbocycles.